The summed E-state index contributed by atoms with van der Waals surface area (Å²) in [5.74, 6) is 0.930. The zero-order valence-corrected chi connectivity index (χ0v) is 9.22. The Morgan fingerprint density at radius 1 is 1.40 bits per heavy atom. The summed E-state index contributed by atoms with van der Waals surface area (Å²) in [6.07, 6.45) is 1.84. The second kappa shape index (κ2) is 4.84. The van der Waals surface area contributed by atoms with Crippen LogP contribution in [0.5, 0.6) is 5.75 Å². The predicted octanol–water partition coefficient (Wildman–Crippen LogP) is 2.10. The average molecular weight is 228 g/mol. The summed E-state index contributed by atoms with van der Waals surface area (Å²) < 4.78 is 10.7. The van der Waals surface area contributed by atoms with E-state index in [-0.39, 0.29) is 0 Å². The van der Waals surface area contributed by atoms with Crippen LogP contribution in [0, 0.1) is 0 Å². The predicted molar refractivity (Wildman–Crippen MR) is 59.1 cm³/mol. The highest BCUT2D eigenvalue weighted by Crippen LogP contribution is 2.32. The molecule has 0 spiro atoms. The minimum atomic E-state index is 0.324. The number of benzene rings is 1. The molecule has 0 atom stereocenters. The molecular weight excluding hydrogens is 214 g/mol. The van der Waals surface area contributed by atoms with Gasteiger partial charge in [0.25, 0.3) is 0 Å². The van der Waals surface area contributed by atoms with Gasteiger partial charge in [0.2, 0.25) is 0 Å². The first-order valence-electron chi connectivity index (χ1n) is 5.03. The van der Waals surface area contributed by atoms with E-state index >= 15 is 0 Å². The Labute approximate surface area is 94.1 Å². The molecule has 0 amide bonds. The maximum atomic E-state index is 6.02. The van der Waals surface area contributed by atoms with Crippen molar-refractivity contribution in [3.63, 3.8) is 0 Å². The molecule has 0 saturated heterocycles. The molecule has 3 nitrogen and oxygen atoms in total. The number of nitrogens with two attached hydrogens (primary N) is 1. The third-order valence-corrected chi connectivity index (χ3v) is 2.62. The van der Waals surface area contributed by atoms with E-state index in [1.807, 2.05) is 12.1 Å². The minimum Gasteiger partial charge on any atom is -0.467 e. The van der Waals surface area contributed by atoms with Crippen molar-refractivity contribution in [2.45, 2.75) is 19.4 Å². The topological polar surface area (TPSA) is 44.5 Å². The fourth-order valence-electron chi connectivity index (χ4n) is 1.73. The minimum absolute atomic E-state index is 0.324. The van der Waals surface area contributed by atoms with Crippen molar-refractivity contribution in [3.05, 3.63) is 28.3 Å². The molecule has 0 fully saturated rings. The van der Waals surface area contributed by atoms with Gasteiger partial charge >= 0.3 is 0 Å². The Balaban J connectivity index is 2.30. The van der Waals surface area contributed by atoms with Gasteiger partial charge < -0.3 is 15.2 Å². The summed E-state index contributed by atoms with van der Waals surface area (Å²) in [5.41, 5.74) is 7.65. The Morgan fingerprint density at radius 2 is 2.27 bits per heavy atom. The lowest BCUT2D eigenvalue weighted by molar-refractivity contribution is -0.0170. The van der Waals surface area contributed by atoms with Gasteiger partial charge in [-0.05, 0) is 37.1 Å². The molecule has 2 rings (SSSR count). The van der Waals surface area contributed by atoms with Crippen LogP contribution < -0.4 is 10.5 Å². The van der Waals surface area contributed by atoms with E-state index in [0.717, 1.165) is 34.7 Å². The first-order valence-corrected chi connectivity index (χ1v) is 5.41. The largest absolute Gasteiger partial charge is 0.467 e. The van der Waals surface area contributed by atoms with E-state index in [1.165, 1.54) is 0 Å². The number of aryl methyl sites for hydroxylation is 1. The second-order valence-corrected chi connectivity index (χ2v) is 3.99. The van der Waals surface area contributed by atoms with Crippen molar-refractivity contribution >= 4 is 11.6 Å². The van der Waals surface area contributed by atoms with Crippen LogP contribution in [0.1, 0.15) is 17.5 Å². The molecule has 0 aromatic heterocycles. The highest BCUT2D eigenvalue weighted by atomic mass is 35.5. The lowest BCUT2D eigenvalue weighted by Crippen LogP contribution is -2.13. The van der Waals surface area contributed by atoms with E-state index in [2.05, 4.69) is 0 Å². The Kier molecular flexibility index (Phi) is 3.46. The number of hydrogen-bond donors (Lipinski definition) is 1. The zero-order chi connectivity index (χ0) is 10.7. The van der Waals surface area contributed by atoms with Gasteiger partial charge in [-0.1, -0.05) is 11.6 Å². The van der Waals surface area contributed by atoms with Gasteiger partial charge in [0.15, 0.2) is 6.79 Å². The summed E-state index contributed by atoms with van der Waals surface area (Å²) in [7, 11) is 0. The van der Waals surface area contributed by atoms with Gasteiger partial charge in [-0.25, -0.2) is 0 Å². The van der Waals surface area contributed by atoms with Crippen molar-refractivity contribution < 1.29 is 9.47 Å². The quantitative estimate of drug-likeness (QED) is 0.860. The van der Waals surface area contributed by atoms with E-state index in [0.29, 0.717) is 19.9 Å². The third-order valence-electron chi connectivity index (χ3n) is 2.40. The van der Waals surface area contributed by atoms with E-state index in [1.54, 1.807) is 0 Å². The van der Waals surface area contributed by atoms with Gasteiger partial charge in [0, 0.05) is 10.6 Å². The van der Waals surface area contributed by atoms with Crippen LogP contribution in [0.25, 0.3) is 0 Å². The van der Waals surface area contributed by atoms with Crippen molar-refractivity contribution in [2.24, 2.45) is 5.73 Å². The molecule has 4 heteroatoms. The first-order chi connectivity index (χ1) is 7.31. The molecule has 2 N–H and O–H groups in total. The fraction of sp³-hybridized carbons (Fsp3) is 0.455. The van der Waals surface area contributed by atoms with Gasteiger partial charge in [-0.3, -0.25) is 0 Å². The molecule has 0 unspecified atom stereocenters. The van der Waals surface area contributed by atoms with Crippen LogP contribution in [0.3, 0.4) is 0 Å². The van der Waals surface area contributed by atoms with Gasteiger partial charge in [0.1, 0.15) is 5.75 Å². The van der Waals surface area contributed by atoms with Crippen LogP contribution in [0.2, 0.25) is 5.02 Å². The van der Waals surface area contributed by atoms with E-state index in [4.69, 9.17) is 26.8 Å². The number of hydrogen-bond acceptors (Lipinski definition) is 3. The van der Waals surface area contributed by atoms with Crippen molar-refractivity contribution in [3.8, 4) is 5.75 Å². The van der Waals surface area contributed by atoms with Crippen LogP contribution in [-0.4, -0.2) is 13.3 Å². The maximum absolute atomic E-state index is 6.02. The molecule has 1 aliphatic rings. The molecule has 0 saturated carbocycles. The summed E-state index contributed by atoms with van der Waals surface area (Å²) in [6, 6.07) is 3.84. The first kappa shape index (κ1) is 10.7. The molecule has 15 heavy (non-hydrogen) atoms. The molecule has 82 valence electrons. The Hall–Kier alpha value is -0.770. The zero-order valence-electron chi connectivity index (χ0n) is 8.46. The number of rotatable bonds is 3. The van der Waals surface area contributed by atoms with Crippen molar-refractivity contribution in [1.29, 1.82) is 0 Å². The van der Waals surface area contributed by atoms with Gasteiger partial charge in [0.05, 0.1) is 6.61 Å². The normalized spacial score (nSPS) is 14.5. The molecular formula is C11H14ClNO2. The lowest BCUT2D eigenvalue weighted by atomic mass is 10.0. The molecule has 1 aliphatic heterocycles. The highest BCUT2D eigenvalue weighted by molar-refractivity contribution is 6.30. The number of halogens is 1. The third kappa shape index (κ3) is 2.43. The van der Waals surface area contributed by atoms with Gasteiger partial charge in [-0.15, -0.1) is 0 Å². The second-order valence-electron chi connectivity index (χ2n) is 3.56. The average Bonchev–Trinajstić information content (AvgIpc) is 2.25. The lowest BCUT2D eigenvalue weighted by Gasteiger charge is -2.21. The Bertz CT molecular complexity index is 355. The van der Waals surface area contributed by atoms with Gasteiger partial charge in [-0.2, -0.15) is 0 Å². The smallest absolute Gasteiger partial charge is 0.189 e. The van der Waals surface area contributed by atoms with Crippen LogP contribution in [0.4, 0.5) is 0 Å². The molecule has 0 bridgehead atoms. The summed E-state index contributed by atoms with van der Waals surface area (Å²) in [6.45, 7) is 1.58. The summed E-state index contributed by atoms with van der Waals surface area (Å²) in [4.78, 5) is 0. The fourth-order valence-corrected chi connectivity index (χ4v) is 2.00. The van der Waals surface area contributed by atoms with Crippen LogP contribution in [0.15, 0.2) is 12.1 Å². The number of fused-ring (bicyclic) bond motifs is 1. The van der Waals surface area contributed by atoms with Crippen LogP contribution >= 0.6 is 11.6 Å². The summed E-state index contributed by atoms with van der Waals surface area (Å²) >= 11 is 6.02. The van der Waals surface area contributed by atoms with E-state index in [9.17, 15) is 0 Å². The SMILES string of the molecule is NCCCc1cc(Cl)cc2c1OCOC2. The number of ether oxygens (including phenoxy) is 2. The molecule has 0 radical (unpaired) electrons. The maximum Gasteiger partial charge on any atom is 0.189 e. The standard InChI is InChI=1S/C11H14ClNO2/c12-10-4-8(2-1-3-13)11-9(5-10)6-14-7-15-11/h4-5H,1-3,6-7,13H2. The Morgan fingerprint density at radius 3 is 3.07 bits per heavy atom. The van der Waals surface area contributed by atoms with Crippen molar-refractivity contribution in [1.82, 2.24) is 0 Å². The summed E-state index contributed by atoms with van der Waals surface area (Å²) in [5, 5.41) is 0.731. The monoisotopic (exact) mass is 227 g/mol. The van der Waals surface area contributed by atoms with Crippen molar-refractivity contribution in [2.75, 3.05) is 13.3 Å². The molecule has 1 heterocycles. The molecule has 1 aromatic carbocycles. The molecule has 1 aromatic rings. The molecule has 0 aliphatic carbocycles. The van der Waals surface area contributed by atoms with Crippen LogP contribution in [-0.2, 0) is 17.8 Å². The van der Waals surface area contributed by atoms with E-state index < -0.39 is 0 Å². The highest BCUT2D eigenvalue weighted by Gasteiger charge is 2.15.